The molecule has 1 aromatic heterocycles. The lowest BCUT2D eigenvalue weighted by Crippen LogP contribution is -2.27. The van der Waals surface area contributed by atoms with E-state index in [0.29, 0.717) is 13.0 Å². The van der Waals surface area contributed by atoms with Crippen molar-refractivity contribution in [3.8, 4) is 0 Å². The smallest absolute Gasteiger partial charge is 0.327 e. The van der Waals surface area contributed by atoms with Gasteiger partial charge in [0.25, 0.3) is 0 Å². The zero-order valence-corrected chi connectivity index (χ0v) is 8.32. The van der Waals surface area contributed by atoms with Crippen molar-refractivity contribution in [2.24, 2.45) is 7.05 Å². The van der Waals surface area contributed by atoms with Crippen molar-refractivity contribution in [2.75, 3.05) is 0 Å². The Morgan fingerprint density at radius 2 is 2.08 bits per heavy atom. The molecule has 4 nitrogen and oxygen atoms in total. The van der Waals surface area contributed by atoms with Crippen LogP contribution in [0, 0.1) is 0 Å². The summed E-state index contributed by atoms with van der Waals surface area (Å²) in [6.45, 7) is 4.03. The largest absolute Gasteiger partial charge is 0.390 e. The van der Waals surface area contributed by atoms with E-state index < -0.39 is 5.60 Å². The Labute approximate surface area is 77.4 Å². The summed E-state index contributed by atoms with van der Waals surface area (Å²) in [5.74, 6) is 0. The predicted molar refractivity (Wildman–Crippen MR) is 50.6 cm³/mol. The molecule has 0 saturated heterocycles. The third kappa shape index (κ3) is 2.73. The van der Waals surface area contributed by atoms with Gasteiger partial charge >= 0.3 is 5.69 Å². The van der Waals surface area contributed by atoms with Crippen molar-refractivity contribution >= 4 is 0 Å². The van der Waals surface area contributed by atoms with Crippen LogP contribution in [0.4, 0.5) is 0 Å². The maximum Gasteiger partial charge on any atom is 0.327 e. The maximum atomic E-state index is 11.3. The van der Waals surface area contributed by atoms with E-state index in [-0.39, 0.29) is 5.69 Å². The number of hydrogen-bond donors (Lipinski definition) is 1. The Balaban J connectivity index is 2.66. The molecule has 1 heterocycles. The van der Waals surface area contributed by atoms with Crippen molar-refractivity contribution in [1.82, 2.24) is 9.13 Å². The summed E-state index contributed by atoms with van der Waals surface area (Å²) in [6.07, 6.45) is 4.03. The molecule has 0 aromatic carbocycles. The molecule has 1 aromatic rings. The molecular formula is C9H16N2O2. The van der Waals surface area contributed by atoms with Gasteiger partial charge in [-0.2, -0.15) is 0 Å². The summed E-state index contributed by atoms with van der Waals surface area (Å²) in [5.41, 5.74) is -0.751. The first-order chi connectivity index (χ1) is 5.90. The minimum absolute atomic E-state index is 0.0377. The normalized spacial score (nSPS) is 12.0. The van der Waals surface area contributed by atoms with Crippen LogP contribution in [0.3, 0.4) is 0 Å². The van der Waals surface area contributed by atoms with Crippen LogP contribution in [-0.2, 0) is 13.6 Å². The molecule has 0 saturated carbocycles. The molecule has 0 aliphatic heterocycles. The second kappa shape index (κ2) is 3.38. The Bertz CT molecular complexity index is 330. The SMILES string of the molecule is Cn1ccn(CCC(C)(C)O)c1=O. The zero-order valence-electron chi connectivity index (χ0n) is 8.32. The van der Waals surface area contributed by atoms with Gasteiger partial charge in [0.15, 0.2) is 0 Å². The minimum atomic E-state index is -0.713. The van der Waals surface area contributed by atoms with Gasteiger partial charge in [0.1, 0.15) is 0 Å². The molecule has 0 unspecified atom stereocenters. The number of aliphatic hydroxyl groups is 1. The fraction of sp³-hybridized carbons (Fsp3) is 0.667. The number of aromatic nitrogens is 2. The number of aryl methyl sites for hydroxylation is 2. The highest BCUT2D eigenvalue weighted by Gasteiger charge is 2.12. The van der Waals surface area contributed by atoms with E-state index in [4.69, 9.17) is 0 Å². The summed E-state index contributed by atoms with van der Waals surface area (Å²) in [5, 5.41) is 9.45. The first-order valence-corrected chi connectivity index (χ1v) is 4.34. The van der Waals surface area contributed by atoms with Crippen LogP contribution in [-0.4, -0.2) is 19.8 Å². The van der Waals surface area contributed by atoms with Gasteiger partial charge in [0, 0.05) is 26.0 Å². The summed E-state index contributed by atoms with van der Waals surface area (Å²) in [4.78, 5) is 11.3. The van der Waals surface area contributed by atoms with Crippen molar-refractivity contribution in [3.05, 3.63) is 22.9 Å². The summed E-state index contributed by atoms with van der Waals surface area (Å²) < 4.78 is 3.11. The Morgan fingerprint density at radius 1 is 1.46 bits per heavy atom. The van der Waals surface area contributed by atoms with E-state index in [2.05, 4.69) is 0 Å². The van der Waals surface area contributed by atoms with Gasteiger partial charge in [-0.25, -0.2) is 4.79 Å². The Kier molecular flexibility index (Phi) is 2.61. The van der Waals surface area contributed by atoms with E-state index in [0.717, 1.165) is 0 Å². The lowest BCUT2D eigenvalue weighted by Gasteiger charge is -2.16. The van der Waals surface area contributed by atoms with Gasteiger partial charge < -0.3 is 9.67 Å². The van der Waals surface area contributed by atoms with Gasteiger partial charge in [-0.1, -0.05) is 0 Å². The average molecular weight is 184 g/mol. The monoisotopic (exact) mass is 184 g/mol. The third-order valence-electron chi connectivity index (χ3n) is 1.98. The summed E-state index contributed by atoms with van der Waals surface area (Å²) in [6, 6.07) is 0. The third-order valence-corrected chi connectivity index (χ3v) is 1.98. The van der Waals surface area contributed by atoms with Crippen LogP contribution >= 0.6 is 0 Å². The molecule has 74 valence electrons. The van der Waals surface area contributed by atoms with E-state index >= 15 is 0 Å². The highest BCUT2D eigenvalue weighted by Crippen LogP contribution is 2.07. The molecule has 1 N–H and O–H groups in total. The minimum Gasteiger partial charge on any atom is -0.390 e. The average Bonchev–Trinajstić information content (AvgIpc) is 2.29. The number of imidazole rings is 1. The second-order valence-corrected chi connectivity index (χ2v) is 3.95. The Hall–Kier alpha value is -1.03. The van der Waals surface area contributed by atoms with E-state index in [1.807, 2.05) is 0 Å². The summed E-state index contributed by atoms with van der Waals surface area (Å²) >= 11 is 0. The van der Waals surface area contributed by atoms with E-state index in [1.165, 1.54) is 4.57 Å². The summed E-state index contributed by atoms with van der Waals surface area (Å²) in [7, 11) is 1.71. The van der Waals surface area contributed by atoms with Crippen LogP contribution in [0.1, 0.15) is 20.3 Å². The Morgan fingerprint density at radius 3 is 2.46 bits per heavy atom. The second-order valence-electron chi connectivity index (χ2n) is 3.95. The van der Waals surface area contributed by atoms with Gasteiger partial charge in [-0.05, 0) is 20.3 Å². The van der Waals surface area contributed by atoms with Crippen molar-refractivity contribution in [1.29, 1.82) is 0 Å². The van der Waals surface area contributed by atoms with Crippen molar-refractivity contribution in [3.63, 3.8) is 0 Å². The van der Waals surface area contributed by atoms with Crippen LogP contribution in [0.15, 0.2) is 17.2 Å². The van der Waals surface area contributed by atoms with Gasteiger partial charge in [-0.15, -0.1) is 0 Å². The molecule has 0 amide bonds. The van der Waals surface area contributed by atoms with Crippen LogP contribution < -0.4 is 5.69 Å². The molecule has 0 aliphatic carbocycles. The fourth-order valence-electron chi connectivity index (χ4n) is 1.07. The van der Waals surface area contributed by atoms with Crippen LogP contribution in [0.5, 0.6) is 0 Å². The fourth-order valence-corrected chi connectivity index (χ4v) is 1.07. The molecule has 0 atom stereocenters. The number of nitrogens with zero attached hydrogens (tertiary/aromatic N) is 2. The standard InChI is InChI=1S/C9H16N2O2/c1-9(2,13)4-5-11-7-6-10(3)8(11)12/h6-7,13H,4-5H2,1-3H3. The molecule has 4 heteroatoms. The van der Waals surface area contributed by atoms with E-state index in [1.54, 1.807) is 37.9 Å². The zero-order chi connectivity index (χ0) is 10.1. The first-order valence-electron chi connectivity index (χ1n) is 4.34. The van der Waals surface area contributed by atoms with Crippen LogP contribution in [0.25, 0.3) is 0 Å². The van der Waals surface area contributed by atoms with Crippen molar-refractivity contribution < 1.29 is 5.11 Å². The molecule has 0 spiro atoms. The quantitative estimate of drug-likeness (QED) is 0.736. The van der Waals surface area contributed by atoms with Crippen molar-refractivity contribution in [2.45, 2.75) is 32.4 Å². The maximum absolute atomic E-state index is 11.3. The number of hydrogen-bond acceptors (Lipinski definition) is 2. The lowest BCUT2D eigenvalue weighted by molar-refractivity contribution is 0.0659. The molecule has 0 radical (unpaired) electrons. The molecule has 1 rings (SSSR count). The van der Waals surface area contributed by atoms with Crippen LogP contribution in [0.2, 0.25) is 0 Å². The molecule has 0 aliphatic rings. The van der Waals surface area contributed by atoms with Gasteiger partial charge in [0.2, 0.25) is 0 Å². The molecule has 0 bridgehead atoms. The molecular weight excluding hydrogens is 168 g/mol. The first kappa shape index (κ1) is 10.1. The molecule has 0 fully saturated rings. The highest BCUT2D eigenvalue weighted by molar-refractivity contribution is 4.80. The van der Waals surface area contributed by atoms with Gasteiger partial charge in [0.05, 0.1) is 5.60 Å². The van der Waals surface area contributed by atoms with Gasteiger partial charge in [-0.3, -0.25) is 4.57 Å². The highest BCUT2D eigenvalue weighted by atomic mass is 16.3. The number of rotatable bonds is 3. The topological polar surface area (TPSA) is 47.2 Å². The molecule has 13 heavy (non-hydrogen) atoms. The van der Waals surface area contributed by atoms with E-state index in [9.17, 15) is 9.90 Å². The predicted octanol–water partition coefficient (Wildman–Crippen LogP) is 0.348. The lowest BCUT2D eigenvalue weighted by atomic mass is 10.1.